The van der Waals surface area contributed by atoms with Crippen LogP contribution >= 0.6 is 11.8 Å². The minimum atomic E-state index is -0.653. The highest BCUT2D eigenvalue weighted by molar-refractivity contribution is 8.16. The van der Waals surface area contributed by atoms with Crippen LogP contribution < -0.4 is 5.32 Å². The Morgan fingerprint density at radius 3 is 2.75 bits per heavy atom. The molecule has 1 aromatic carbocycles. The lowest BCUT2D eigenvalue weighted by molar-refractivity contribution is -0.136. The van der Waals surface area contributed by atoms with Crippen molar-refractivity contribution in [2.24, 2.45) is 4.99 Å². The largest absolute Gasteiger partial charge is 0.466 e. The number of hydrogen-bond acceptors (Lipinski definition) is 7. The molecule has 1 unspecified atom stereocenters. The summed E-state index contributed by atoms with van der Waals surface area (Å²) >= 11 is 1.36. The van der Waals surface area contributed by atoms with Gasteiger partial charge in [0.2, 0.25) is 5.91 Å². The standard InChI is InChI=1S/C23H21FN4O3S/c1-14-20(22(30)31-2)21(16-4-3-5-17(24)10-16)28-18(13-32-23(28)27-14)11-19(29)26-12-15-6-8-25-9-7-15/h3-10,13,21H,11-12H2,1-2H3,(H,26,29). The summed E-state index contributed by atoms with van der Waals surface area (Å²) in [6.07, 6.45) is 3.41. The third-order valence-electron chi connectivity index (χ3n) is 5.15. The highest BCUT2D eigenvalue weighted by Gasteiger charge is 2.41. The van der Waals surface area contributed by atoms with Crippen molar-refractivity contribution in [3.63, 3.8) is 0 Å². The van der Waals surface area contributed by atoms with Gasteiger partial charge in [-0.1, -0.05) is 23.9 Å². The third kappa shape index (κ3) is 4.43. The molecule has 3 heterocycles. The fraction of sp³-hybridized carbons (Fsp3) is 0.217. The number of carbonyl (C=O) groups excluding carboxylic acids is 2. The molecule has 0 saturated heterocycles. The highest BCUT2D eigenvalue weighted by Crippen LogP contribution is 2.44. The lowest BCUT2D eigenvalue weighted by atomic mass is 9.94. The van der Waals surface area contributed by atoms with Gasteiger partial charge in [0, 0.05) is 24.6 Å². The number of benzene rings is 1. The first-order valence-corrected chi connectivity index (χ1v) is 10.8. The summed E-state index contributed by atoms with van der Waals surface area (Å²) in [6, 6.07) is 9.07. The summed E-state index contributed by atoms with van der Waals surface area (Å²) in [4.78, 5) is 35.6. The first kappa shape index (κ1) is 21.8. The van der Waals surface area contributed by atoms with Gasteiger partial charge in [-0.05, 0) is 47.7 Å². The number of nitrogens with one attached hydrogen (secondary N) is 1. The van der Waals surface area contributed by atoms with Crippen LogP contribution in [0.3, 0.4) is 0 Å². The first-order chi connectivity index (χ1) is 15.5. The Balaban J connectivity index is 1.61. The number of aliphatic imine (C=N–C) groups is 1. The fourth-order valence-electron chi connectivity index (χ4n) is 3.66. The molecule has 1 N–H and O–H groups in total. The molecule has 164 valence electrons. The van der Waals surface area contributed by atoms with Gasteiger partial charge in [0.1, 0.15) is 5.82 Å². The Kier molecular flexibility index (Phi) is 6.36. The number of nitrogens with zero attached hydrogens (tertiary/aromatic N) is 3. The van der Waals surface area contributed by atoms with Crippen LogP contribution in [0.5, 0.6) is 0 Å². The van der Waals surface area contributed by atoms with E-state index in [0.717, 1.165) is 5.56 Å². The number of allylic oxidation sites excluding steroid dienone is 1. The zero-order valence-electron chi connectivity index (χ0n) is 17.5. The molecule has 4 rings (SSSR count). The van der Waals surface area contributed by atoms with Gasteiger partial charge in [-0.3, -0.25) is 9.78 Å². The van der Waals surface area contributed by atoms with Gasteiger partial charge >= 0.3 is 5.97 Å². The molecule has 0 aliphatic carbocycles. The lowest BCUT2D eigenvalue weighted by Gasteiger charge is -2.36. The van der Waals surface area contributed by atoms with Gasteiger partial charge in [-0.25, -0.2) is 14.2 Å². The lowest BCUT2D eigenvalue weighted by Crippen LogP contribution is -2.38. The van der Waals surface area contributed by atoms with E-state index in [0.29, 0.717) is 34.2 Å². The number of ether oxygens (including phenoxy) is 1. The van der Waals surface area contributed by atoms with Gasteiger partial charge in [0.25, 0.3) is 0 Å². The van der Waals surface area contributed by atoms with Crippen molar-refractivity contribution in [2.75, 3.05) is 7.11 Å². The number of hydrogen-bond donors (Lipinski definition) is 1. The van der Waals surface area contributed by atoms with Gasteiger partial charge in [0.05, 0.1) is 30.8 Å². The molecular formula is C23H21FN4O3S. The number of aromatic nitrogens is 1. The number of thioether (sulfide) groups is 1. The average Bonchev–Trinajstić information content (AvgIpc) is 3.18. The number of esters is 1. The van der Waals surface area contributed by atoms with Crippen molar-refractivity contribution >= 4 is 28.8 Å². The molecule has 2 aliphatic heterocycles. The fourth-order valence-corrected chi connectivity index (χ4v) is 4.63. The second-order valence-corrected chi connectivity index (χ2v) is 8.09. The molecule has 0 saturated carbocycles. The number of fused-ring (bicyclic) bond motifs is 1. The molecule has 0 fully saturated rings. The average molecular weight is 453 g/mol. The van der Waals surface area contributed by atoms with Gasteiger partial charge in [-0.2, -0.15) is 0 Å². The summed E-state index contributed by atoms with van der Waals surface area (Å²) in [5.41, 5.74) is 2.99. The van der Waals surface area contributed by atoms with E-state index in [1.807, 2.05) is 22.4 Å². The van der Waals surface area contributed by atoms with Crippen LogP contribution in [0.4, 0.5) is 4.39 Å². The SMILES string of the molecule is COC(=O)C1=C(C)N=C2SC=C(CC(=O)NCc3ccncc3)N2C1c1cccc(F)c1. The zero-order chi connectivity index (χ0) is 22.7. The number of halogens is 1. The summed E-state index contributed by atoms with van der Waals surface area (Å²) in [5, 5.41) is 5.36. The molecule has 32 heavy (non-hydrogen) atoms. The Bertz CT molecular complexity index is 1150. The maximum Gasteiger partial charge on any atom is 0.338 e. The predicted octanol–water partition coefficient (Wildman–Crippen LogP) is 3.68. The topological polar surface area (TPSA) is 83.9 Å². The van der Waals surface area contributed by atoms with Gasteiger partial charge in [-0.15, -0.1) is 0 Å². The molecule has 2 aromatic rings. The summed E-state index contributed by atoms with van der Waals surface area (Å²) in [5.74, 6) is -1.14. The van der Waals surface area contributed by atoms with Gasteiger partial charge < -0.3 is 15.0 Å². The zero-order valence-corrected chi connectivity index (χ0v) is 18.4. The second-order valence-electron chi connectivity index (χ2n) is 7.25. The number of pyridine rings is 1. The van der Waals surface area contributed by atoms with Crippen LogP contribution in [0.15, 0.2) is 76.2 Å². The molecule has 9 heteroatoms. The Hall–Kier alpha value is -3.46. The van der Waals surface area contributed by atoms with Crippen molar-refractivity contribution in [1.82, 2.24) is 15.2 Å². The first-order valence-electron chi connectivity index (χ1n) is 9.91. The Morgan fingerprint density at radius 1 is 1.25 bits per heavy atom. The van der Waals surface area contributed by atoms with Gasteiger partial charge in [0.15, 0.2) is 5.17 Å². The molecule has 0 bridgehead atoms. The van der Waals surface area contributed by atoms with Crippen molar-refractivity contribution < 1.29 is 18.7 Å². The van der Waals surface area contributed by atoms with Crippen LogP contribution in [0.1, 0.15) is 30.5 Å². The summed E-state index contributed by atoms with van der Waals surface area (Å²) in [7, 11) is 1.30. The maximum absolute atomic E-state index is 14.1. The van der Waals surface area contributed by atoms with E-state index in [9.17, 15) is 14.0 Å². The van der Waals surface area contributed by atoms with Crippen molar-refractivity contribution in [2.45, 2.75) is 25.9 Å². The third-order valence-corrected chi connectivity index (χ3v) is 6.04. The van der Waals surface area contributed by atoms with E-state index >= 15 is 0 Å². The van der Waals surface area contributed by atoms with E-state index in [-0.39, 0.29) is 12.3 Å². The molecule has 1 atom stereocenters. The molecule has 1 amide bonds. The molecule has 7 nitrogen and oxygen atoms in total. The Labute approximate surface area is 189 Å². The molecule has 2 aliphatic rings. The van der Waals surface area contributed by atoms with Crippen LogP contribution in [0, 0.1) is 5.82 Å². The van der Waals surface area contributed by atoms with Crippen LogP contribution in [0.2, 0.25) is 0 Å². The van der Waals surface area contributed by atoms with E-state index in [1.54, 1.807) is 31.5 Å². The Morgan fingerprint density at radius 2 is 2.03 bits per heavy atom. The minimum absolute atomic E-state index is 0.0798. The number of amidine groups is 1. The summed E-state index contributed by atoms with van der Waals surface area (Å²) < 4.78 is 19.1. The molecule has 0 spiro atoms. The molecule has 1 aromatic heterocycles. The molecule has 0 radical (unpaired) electrons. The summed E-state index contributed by atoms with van der Waals surface area (Å²) in [6.45, 7) is 2.10. The van der Waals surface area contributed by atoms with Crippen molar-refractivity contribution in [1.29, 1.82) is 0 Å². The van der Waals surface area contributed by atoms with Crippen molar-refractivity contribution in [3.8, 4) is 0 Å². The number of rotatable bonds is 6. The highest BCUT2D eigenvalue weighted by atomic mass is 32.2. The van der Waals surface area contributed by atoms with Crippen LogP contribution in [-0.4, -0.2) is 34.0 Å². The number of carbonyl (C=O) groups is 2. The maximum atomic E-state index is 14.1. The van der Waals surface area contributed by atoms with Crippen molar-refractivity contribution in [3.05, 3.63) is 88.1 Å². The van der Waals surface area contributed by atoms with E-state index in [1.165, 1.54) is 31.0 Å². The molecular weight excluding hydrogens is 431 g/mol. The smallest absolute Gasteiger partial charge is 0.338 e. The van der Waals surface area contributed by atoms with E-state index in [4.69, 9.17) is 4.74 Å². The second kappa shape index (κ2) is 9.35. The predicted molar refractivity (Wildman–Crippen MR) is 120 cm³/mol. The van der Waals surface area contributed by atoms with E-state index < -0.39 is 17.8 Å². The number of amides is 1. The normalized spacial score (nSPS) is 17.5. The monoisotopic (exact) mass is 452 g/mol. The van der Waals surface area contributed by atoms with Crippen LogP contribution in [-0.2, 0) is 20.9 Å². The van der Waals surface area contributed by atoms with E-state index in [2.05, 4.69) is 15.3 Å². The quantitative estimate of drug-likeness (QED) is 0.674. The minimum Gasteiger partial charge on any atom is -0.466 e. The number of methoxy groups -OCH3 is 1. The van der Waals surface area contributed by atoms with Crippen LogP contribution in [0.25, 0.3) is 0 Å².